The summed E-state index contributed by atoms with van der Waals surface area (Å²) in [6.45, 7) is -3.87. The fourth-order valence-corrected chi connectivity index (χ4v) is 10.3. The second-order valence-corrected chi connectivity index (χ2v) is 20.4. The number of carboxylic acids is 3. The smallest absolute Gasteiger partial charge is 0.364 e. The summed E-state index contributed by atoms with van der Waals surface area (Å²) < 4.78 is 50.0. The Kier molecular flexibility index (Phi) is 23.9. The van der Waals surface area contributed by atoms with Crippen LogP contribution in [-0.2, 0) is 71.4 Å². The van der Waals surface area contributed by atoms with Gasteiger partial charge in [0.2, 0.25) is 17.7 Å². The minimum atomic E-state index is -3.54. The first-order valence-corrected chi connectivity index (χ1v) is 25.5. The molecule has 0 aromatic rings. The Morgan fingerprint density at radius 2 is 0.880 bits per heavy atom. The van der Waals surface area contributed by atoms with Crippen LogP contribution < -0.4 is 16.0 Å². The van der Waals surface area contributed by atoms with Gasteiger partial charge in [0.05, 0.1) is 69.5 Å². The van der Waals surface area contributed by atoms with E-state index < -0.39 is 258 Å². The highest BCUT2D eigenvalue weighted by molar-refractivity contribution is 5.78. The number of hydrogen-bond donors (Lipinski definition) is 23. The van der Waals surface area contributed by atoms with E-state index in [4.69, 9.17) is 42.6 Å². The molecule has 1 unspecified atom stereocenters. The topological polar surface area (TPSA) is 626 Å². The van der Waals surface area contributed by atoms with E-state index >= 15 is 0 Å². The molecule has 5 rings (SSSR count). The van der Waals surface area contributed by atoms with Crippen LogP contribution in [0.1, 0.15) is 40.0 Å². The predicted molar refractivity (Wildman–Crippen MR) is 253 cm³/mol. The van der Waals surface area contributed by atoms with Gasteiger partial charge in [0, 0.05) is 40.0 Å². The number of carboxylic acid groups (broad SMARTS) is 3. The molecule has 0 aliphatic carbocycles. The number of carbonyl (C=O) groups is 6. The van der Waals surface area contributed by atoms with Crippen molar-refractivity contribution in [2.75, 3.05) is 33.0 Å². The Labute approximate surface area is 467 Å². The van der Waals surface area contributed by atoms with Crippen LogP contribution in [0.25, 0.3) is 0 Å². The highest BCUT2D eigenvalue weighted by Crippen LogP contribution is 2.42. The summed E-state index contributed by atoms with van der Waals surface area (Å²) in [7, 11) is 0. The highest BCUT2D eigenvalue weighted by Gasteiger charge is 2.64. The summed E-state index contributed by atoms with van der Waals surface area (Å²) in [6, 6.07) is -5.81. The largest absolute Gasteiger partial charge is 0.477 e. The van der Waals surface area contributed by atoms with Gasteiger partial charge in [-0.05, 0) is 0 Å². The number of ether oxygens (including phenoxy) is 9. The molecule has 0 aromatic carbocycles. The Hall–Kier alpha value is -4.22. The molecule has 0 spiro atoms. The highest BCUT2D eigenvalue weighted by atomic mass is 16.8. The molecular weight excluding hydrogens is 1140 g/mol. The van der Waals surface area contributed by atoms with Gasteiger partial charge in [0.1, 0.15) is 104 Å². The molecular formula is C45H73N3O35. The van der Waals surface area contributed by atoms with Crippen molar-refractivity contribution >= 4 is 35.6 Å². The molecule has 3 amide bonds. The quantitative estimate of drug-likeness (QED) is 0.0404. The second-order valence-electron chi connectivity index (χ2n) is 20.4. The van der Waals surface area contributed by atoms with E-state index in [-0.39, 0.29) is 0 Å². The van der Waals surface area contributed by atoms with E-state index in [1.807, 2.05) is 0 Å². The van der Waals surface area contributed by atoms with Crippen molar-refractivity contribution in [2.45, 2.75) is 210 Å². The average Bonchev–Trinajstić information content (AvgIpc) is 2.25. The Morgan fingerprint density at radius 1 is 0.494 bits per heavy atom. The first kappa shape index (κ1) is 69.6. The summed E-state index contributed by atoms with van der Waals surface area (Å²) in [5.41, 5.74) is 0. The Balaban J connectivity index is 1.51. The first-order valence-electron chi connectivity index (χ1n) is 25.5. The van der Waals surface area contributed by atoms with E-state index in [0.29, 0.717) is 0 Å². The summed E-state index contributed by atoms with van der Waals surface area (Å²) in [6.07, 6.45) is -54.0. The van der Waals surface area contributed by atoms with E-state index in [0.717, 1.165) is 20.8 Å². The van der Waals surface area contributed by atoms with Gasteiger partial charge in [0.15, 0.2) is 12.6 Å². The van der Waals surface area contributed by atoms with E-state index in [9.17, 15) is 131 Å². The van der Waals surface area contributed by atoms with Crippen molar-refractivity contribution < 1.29 is 174 Å². The van der Waals surface area contributed by atoms with Crippen LogP contribution in [0.2, 0.25) is 0 Å². The van der Waals surface area contributed by atoms with Gasteiger partial charge in [-0.1, -0.05) is 0 Å². The number of aliphatic carboxylic acids is 3. The molecule has 0 saturated carbocycles. The Morgan fingerprint density at radius 3 is 1.24 bits per heavy atom. The molecule has 5 aliphatic heterocycles. The van der Waals surface area contributed by atoms with Crippen LogP contribution in [0.15, 0.2) is 0 Å². The number of nitrogens with one attached hydrogen (secondary N) is 3. The molecule has 0 aromatic heterocycles. The molecule has 38 nitrogen and oxygen atoms in total. The standard InChI is InChI=1S/C45H73N3O35/c1-12(54)46-23-15(57)4-43(40(69)70,80-34(23)26(61)18(60)7-49)78-20(9-51)28(63)35-24(47-13(2)55)16(58)5-44(81-35,41(71)72)79-21(10-52)29(64)36-25(48-14(3)56)17(59)6-45(82-36,42(73)74)83-37-27(62)19(8-50)76-39(32(37)67)77-33-22(11-53)75-38(68)31(66)30(33)65/h15-39,49-53,57-68H,4-11H2,1-3H3,(H,46,54)(H,47,55)(H,48,56)(H,69,70)(H,71,72)(H,73,74)/t15-,16-,17-,18+,19+,20+,21+,22+,23+,24+,25+,26+,27-,28+,29+,30+,31+,32+,33+,34+,35+,36+,37-,38?,39-,43+,44+,45-/m0/s1. The zero-order chi connectivity index (χ0) is 62.5. The monoisotopic (exact) mass is 1220 g/mol. The van der Waals surface area contributed by atoms with E-state index in [2.05, 4.69) is 16.0 Å². The maximum Gasteiger partial charge on any atom is 0.364 e. The number of aliphatic hydroxyl groups excluding tert-OH is 17. The summed E-state index contributed by atoms with van der Waals surface area (Å²) in [4.78, 5) is 77.0. The van der Waals surface area contributed by atoms with Crippen molar-refractivity contribution in [3.63, 3.8) is 0 Å². The molecule has 38 heteroatoms. The zero-order valence-corrected chi connectivity index (χ0v) is 44.2. The molecule has 83 heavy (non-hydrogen) atoms. The number of aliphatic hydroxyl groups is 17. The van der Waals surface area contributed by atoms with Gasteiger partial charge in [0.25, 0.3) is 17.4 Å². The van der Waals surface area contributed by atoms with Crippen LogP contribution in [0, 0.1) is 0 Å². The van der Waals surface area contributed by atoms with Crippen LogP contribution in [0.4, 0.5) is 0 Å². The lowest BCUT2D eigenvalue weighted by Crippen LogP contribution is -2.72. The number of amides is 3. The minimum absolute atomic E-state index is 0.855. The molecule has 478 valence electrons. The van der Waals surface area contributed by atoms with Gasteiger partial charge < -0.3 is 161 Å². The van der Waals surface area contributed by atoms with Gasteiger partial charge in [-0.25, -0.2) is 14.4 Å². The molecule has 5 aliphatic rings. The first-order chi connectivity index (χ1) is 38.7. The van der Waals surface area contributed by atoms with Crippen molar-refractivity contribution in [1.82, 2.24) is 16.0 Å². The number of carbonyl (C=O) groups excluding carboxylic acids is 3. The van der Waals surface area contributed by atoms with Crippen molar-refractivity contribution in [2.24, 2.45) is 0 Å². The van der Waals surface area contributed by atoms with Gasteiger partial charge in [-0.15, -0.1) is 0 Å². The lowest BCUT2D eigenvalue weighted by molar-refractivity contribution is -0.387. The maximum atomic E-state index is 13.5. The van der Waals surface area contributed by atoms with Crippen LogP contribution >= 0.6 is 0 Å². The average molecular weight is 1220 g/mol. The number of hydrogen-bond acceptors (Lipinski definition) is 32. The van der Waals surface area contributed by atoms with Crippen molar-refractivity contribution in [3.05, 3.63) is 0 Å². The second kappa shape index (κ2) is 28.5. The molecule has 0 radical (unpaired) electrons. The third-order valence-corrected chi connectivity index (χ3v) is 14.5. The summed E-state index contributed by atoms with van der Waals surface area (Å²) in [5.74, 6) is -20.0. The zero-order valence-electron chi connectivity index (χ0n) is 44.2. The lowest BCUT2D eigenvalue weighted by atomic mass is 9.86. The molecule has 5 fully saturated rings. The van der Waals surface area contributed by atoms with Crippen LogP contribution in [0.3, 0.4) is 0 Å². The van der Waals surface area contributed by atoms with Gasteiger partial charge in [-0.2, -0.15) is 0 Å². The molecule has 5 saturated heterocycles. The minimum Gasteiger partial charge on any atom is -0.477 e. The molecule has 28 atom stereocenters. The summed E-state index contributed by atoms with van der Waals surface area (Å²) in [5, 5.41) is 223. The maximum absolute atomic E-state index is 13.5. The fraction of sp³-hybridized carbons (Fsp3) is 0.867. The summed E-state index contributed by atoms with van der Waals surface area (Å²) >= 11 is 0. The molecule has 0 bridgehead atoms. The van der Waals surface area contributed by atoms with Crippen LogP contribution in [-0.4, -0.2) is 341 Å². The third kappa shape index (κ3) is 15.0. The van der Waals surface area contributed by atoms with Crippen LogP contribution in [0.5, 0.6) is 0 Å². The van der Waals surface area contributed by atoms with Crippen molar-refractivity contribution in [1.29, 1.82) is 0 Å². The van der Waals surface area contributed by atoms with Crippen molar-refractivity contribution in [3.8, 4) is 0 Å². The number of rotatable bonds is 25. The van der Waals surface area contributed by atoms with E-state index in [1.165, 1.54) is 0 Å². The molecule has 5 heterocycles. The lowest BCUT2D eigenvalue weighted by Gasteiger charge is -2.51. The Bertz CT molecular complexity index is 2220. The van der Waals surface area contributed by atoms with E-state index in [1.54, 1.807) is 0 Å². The normalized spacial score (nSPS) is 41.7. The third-order valence-electron chi connectivity index (χ3n) is 14.5. The van der Waals surface area contributed by atoms with Gasteiger partial charge >= 0.3 is 17.9 Å². The predicted octanol–water partition coefficient (Wildman–Crippen LogP) is -13.9. The SMILES string of the molecule is CC(=O)N[C@H]1[C@H]([C@H](O)[C@H](O)CO)O[C@@](O[C@H](CO)[C@@H](O)[C@@H]2O[C@@](O[C@H](CO)[C@@H](O)[C@@H]3O[C@@](O[C@H]4[C@@H](O)[C@@H](CO)O[C@@H](O[C@H]5[C@H](O)[C@@H](O)C(O)O[C@@H]5CO)[C@@H]4O)(C(=O)O)C[C@H](O)[C@H]3NC(C)=O)(C(=O)O)C[C@H](O)[C@H]2NC(C)=O)(C(=O)O)C[C@@H]1O. The van der Waals surface area contributed by atoms with Gasteiger partial charge in [-0.3, -0.25) is 14.4 Å². The fourth-order valence-electron chi connectivity index (χ4n) is 10.3. The molecule has 23 N–H and O–H groups in total.